The lowest BCUT2D eigenvalue weighted by Gasteiger charge is -2.20. The van der Waals surface area contributed by atoms with E-state index in [9.17, 15) is 4.79 Å². The number of halogens is 1. The lowest BCUT2D eigenvalue weighted by Crippen LogP contribution is -2.31. The fourth-order valence-electron chi connectivity index (χ4n) is 2.99. The average molecular weight is 388 g/mol. The molecule has 1 aliphatic heterocycles. The summed E-state index contributed by atoms with van der Waals surface area (Å²) in [5.41, 5.74) is 2.81. The smallest absolute Gasteiger partial charge is 0.254 e. The number of carbonyl (C=O) groups excluding carboxylic acids is 1. The van der Waals surface area contributed by atoms with Gasteiger partial charge >= 0.3 is 0 Å². The molecule has 1 aromatic carbocycles. The summed E-state index contributed by atoms with van der Waals surface area (Å²) in [6.07, 6.45) is 6.33. The van der Waals surface area contributed by atoms with Crippen molar-refractivity contribution < 1.29 is 4.79 Å². The third kappa shape index (κ3) is 4.15. The number of amides is 1. The first-order valence-corrected chi connectivity index (χ1v) is 9.21. The second-order valence-electron chi connectivity index (χ2n) is 6.22. The number of likely N-dealkylation sites (tertiary alicyclic amines) is 1. The van der Waals surface area contributed by atoms with E-state index < -0.39 is 0 Å². The summed E-state index contributed by atoms with van der Waals surface area (Å²) in [4.78, 5) is 19.1. The van der Waals surface area contributed by atoms with Crippen molar-refractivity contribution in [1.29, 1.82) is 0 Å². The van der Waals surface area contributed by atoms with E-state index in [4.69, 9.17) is 0 Å². The van der Waals surface area contributed by atoms with Crippen molar-refractivity contribution in [2.45, 2.75) is 32.6 Å². The number of anilines is 2. The lowest BCUT2D eigenvalue weighted by molar-refractivity contribution is 0.0761. The van der Waals surface area contributed by atoms with Gasteiger partial charge in [0.25, 0.3) is 5.91 Å². The molecule has 4 nitrogen and oxygen atoms in total. The van der Waals surface area contributed by atoms with Crippen LogP contribution in [0.25, 0.3) is 0 Å². The summed E-state index contributed by atoms with van der Waals surface area (Å²) in [6, 6.07) is 9.68. The van der Waals surface area contributed by atoms with E-state index in [2.05, 4.69) is 32.3 Å². The summed E-state index contributed by atoms with van der Waals surface area (Å²) in [6.45, 7) is 3.75. The van der Waals surface area contributed by atoms with Crippen LogP contribution in [0.15, 0.2) is 41.0 Å². The SMILES string of the molecule is Cc1cc(Br)ccc1Nc1cc(C(=O)N2CCCCCC2)ccn1. The van der Waals surface area contributed by atoms with Crippen LogP contribution in [-0.4, -0.2) is 28.9 Å². The molecule has 0 saturated carbocycles. The molecule has 2 aromatic rings. The fourth-order valence-corrected chi connectivity index (χ4v) is 3.47. The molecule has 0 atom stereocenters. The zero-order chi connectivity index (χ0) is 16.9. The summed E-state index contributed by atoms with van der Waals surface area (Å²) in [5.74, 6) is 0.802. The zero-order valence-corrected chi connectivity index (χ0v) is 15.5. The highest BCUT2D eigenvalue weighted by Crippen LogP contribution is 2.23. The summed E-state index contributed by atoms with van der Waals surface area (Å²) in [5, 5.41) is 3.31. The molecule has 1 aromatic heterocycles. The Kier molecular flexibility index (Phi) is 5.51. The highest BCUT2D eigenvalue weighted by Gasteiger charge is 2.17. The van der Waals surface area contributed by atoms with Gasteiger partial charge in [0.2, 0.25) is 0 Å². The predicted molar refractivity (Wildman–Crippen MR) is 101 cm³/mol. The van der Waals surface area contributed by atoms with Gasteiger partial charge in [-0.3, -0.25) is 4.79 Å². The molecular weight excluding hydrogens is 366 g/mol. The van der Waals surface area contributed by atoms with Gasteiger partial charge in [0, 0.05) is 35.0 Å². The summed E-state index contributed by atoms with van der Waals surface area (Å²) < 4.78 is 1.05. The van der Waals surface area contributed by atoms with Crippen LogP contribution in [0.1, 0.15) is 41.6 Å². The van der Waals surface area contributed by atoms with Gasteiger partial charge in [-0.15, -0.1) is 0 Å². The van der Waals surface area contributed by atoms with Gasteiger partial charge in [0.15, 0.2) is 0 Å². The van der Waals surface area contributed by atoms with Gasteiger partial charge in [0.1, 0.15) is 5.82 Å². The number of nitrogens with zero attached hydrogens (tertiary/aromatic N) is 2. The minimum absolute atomic E-state index is 0.106. The third-order valence-electron chi connectivity index (χ3n) is 4.35. The molecule has 2 heterocycles. The van der Waals surface area contributed by atoms with E-state index in [-0.39, 0.29) is 5.91 Å². The van der Waals surface area contributed by atoms with Crippen LogP contribution in [0.4, 0.5) is 11.5 Å². The van der Waals surface area contributed by atoms with Crippen LogP contribution in [-0.2, 0) is 0 Å². The molecule has 3 rings (SSSR count). The number of benzene rings is 1. The van der Waals surface area contributed by atoms with Crippen molar-refractivity contribution in [2.24, 2.45) is 0 Å². The number of pyridine rings is 1. The van der Waals surface area contributed by atoms with Crippen molar-refractivity contribution in [3.63, 3.8) is 0 Å². The van der Waals surface area contributed by atoms with E-state index in [0.29, 0.717) is 11.4 Å². The first kappa shape index (κ1) is 17.0. The zero-order valence-electron chi connectivity index (χ0n) is 13.9. The number of nitrogens with one attached hydrogen (secondary N) is 1. The van der Waals surface area contributed by atoms with Crippen LogP contribution < -0.4 is 5.32 Å². The number of rotatable bonds is 3. The maximum Gasteiger partial charge on any atom is 0.254 e. The molecule has 1 fully saturated rings. The number of aryl methyl sites for hydroxylation is 1. The standard InChI is InChI=1S/C19H22BrN3O/c1-14-12-16(20)6-7-17(14)22-18-13-15(8-9-21-18)19(24)23-10-4-2-3-5-11-23/h6-9,12-13H,2-5,10-11H2,1H3,(H,21,22). The van der Waals surface area contributed by atoms with Crippen LogP contribution >= 0.6 is 15.9 Å². The van der Waals surface area contributed by atoms with Crippen molar-refractivity contribution in [2.75, 3.05) is 18.4 Å². The Labute approximate surface area is 151 Å². The quantitative estimate of drug-likeness (QED) is 0.813. The van der Waals surface area contributed by atoms with Gasteiger partial charge in [-0.05, 0) is 55.7 Å². The summed E-state index contributed by atoms with van der Waals surface area (Å²) >= 11 is 3.47. The van der Waals surface area contributed by atoms with Crippen molar-refractivity contribution in [3.8, 4) is 0 Å². The van der Waals surface area contributed by atoms with E-state index >= 15 is 0 Å². The largest absolute Gasteiger partial charge is 0.340 e. The number of hydrogen-bond donors (Lipinski definition) is 1. The first-order valence-electron chi connectivity index (χ1n) is 8.42. The molecule has 1 saturated heterocycles. The number of carbonyl (C=O) groups is 1. The monoisotopic (exact) mass is 387 g/mol. The Hall–Kier alpha value is -1.88. The Balaban J connectivity index is 1.77. The Morgan fingerprint density at radius 1 is 1.12 bits per heavy atom. The number of hydrogen-bond acceptors (Lipinski definition) is 3. The Bertz CT molecular complexity index is 724. The summed E-state index contributed by atoms with van der Waals surface area (Å²) in [7, 11) is 0. The minimum Gasteiger partial charge on any atom is -0.340 e. The van der Waals surface area contributed by atoms with Gasteiger partial charge in [0.05, 0.1) is 0 Å². The van der Waals surface area contributed by atoms with Gasteiger partial charge < -0.3 is 10.2 Å². The van der Waals surface area contributed by atoms with Crippen LogP contribution in [0, 0.1) is 6.92 Å². The van der Waals surface area contributed by atoms with Crippen LogP contribution in [0.5, 0.6) is 0 Å². The highest BCUT2D eigenvalue weighted by atomic mass is 79.9. The number of aromatic nitrogens is 1. The maximum atomic E-state index is 12.7. The Morgan fingerprint density at radius 2 is 1.88 bits per heavy atom. The minimum atomic E-state index is 0.106. The molecular formula is C19H22BrN3O. The Morgan fingerprint density at radius 3 is 2.58 bits per heavy atom. The second kappa shape index (κ2) is 7.79. The normalized spacial score (nSPS) is 15.0. The molecule has 0 aliphatic carbocycles. The molecule has 0 bridgehead atoms. The molecule has 1 amide bonds. The molecule has 1 aliphatic rings. The predicted octanol–water partition coefficient (Wildman–Crippen LogP) is 4.91. The molecule has 5 heteroatoms. The van der Waals surface area contributed by atoms with Gasteiger partial charge in [-0.2, -0.15) is 0 Å². The third-order valence-corrected chi connectivity index (χ3v) is 4.84. The van der Waals surface area contributed by atoms with Crippen molar-refractivity contribution in [3.05, 3.63) is 52.1 Å². The first-order chi connectivity index (χ1) is 11.6. The molecule has 24 heavy (non-hydrogen) atoms. The van der Waals surface area contributed by atoms with E-state index in [1.807, 2.05) is 30.0 Å². The molecule has 1 N–H and O–H groups in total. The maximum absolute atomic E-state index is 12.7. The van der Waals surface area contributed by atoms with Gasteiger partial charge in [-0.1, -0.05) is 28.8 Å². The highest BCUT2D eigenvalue weighted by molar-refractivity contribution is 9.10. The average Bonchev–Trinajstić information content (AvgIpc) is 2.86. The van der Waals surface area contributed by atoms with E-state index in [0.717, 1.165) is 41.7 Å². The topological polar surface area (TPSA) is 45.2 Å². The molecule has 0 radical (unpaired) electrons. The second-order valence-corrected chi connectivity index (χ2v) is 7.14. The lowest BCUT2D eigenvalue weighted by atomic mass is 10.2. The van der Waals surface area contributed by atoms with Crippen molar-refractivity contribution in [1.82, 2.24) is 9.88 Å². The molecule has 126 valence electrons. The van der Waals surface area contributed by atoms with E-state index in [1.165, 1.54) is 12.8 Å². The molecule has 0 unspecified atom stereocenters. The van der Waals surface area contributed by atoms with Crippen LogP contribution in [0.2, 0.25) is 0 Å². The van der Waals surface area contributed by atoms with Crippen LogP contribution in [0.3, 0.4) is 0 Å². The van der Waals surface area contributed by atoms with Crippen molar-refractivity contribution >= 4 is 33.3 Å². The van der Waals surface area contributed by atoms with Gasteiger partial charge in [-0.25, -0.2) is 4.98 Å². The molecule has 0 spiro atoms. The fraction of sp³-hybridized carbons (Fsp3) is 0.368. The van der Waals surface area contributed by atoms with E-state index in [1.54, 1.807) is 12.3 Å².